The highest BCUT2D eigenvalue weighted by atomic mass is 35.5. The smallest absolute Gasteiger partial charge is 0.0785 e. The normalized spacial score (nSPS) is 18.3. The van der Waals surface area contributed by atoms with Gasteiger partial charge < -0.3 is 0 Å². The lowest BCUT2D eigenvalue weighted by Crippen LogP contribution is -2.34. The fourth-order valence-electron chi connectivity index (χ4n) is 2.50. The Bertz CT molecular complexity index is 486. The third-order valence-corrected chi connectivity index (χ3v) is 4.41. The maximum absolute atomic E-state index is 5.91. The van der Waals surface area contributed by atoms with Crippen LogP contribution in [-0.2, 0) is 6.54 Å². The maximum Gasteiger partial charge on any atom is 0.0785 e. The molecule has 1 aliphatic rings. The Hall–Kier alpha value is -0.840. The molecular weight excluding hydrogens is 266 g/mol. The van der Waals surface area contributed by atoms with Gasteiger partial charge in [0, 0.05) is 25.8 Å². The average Bonchev–Trinajstić information content (AvgIpc) is 3.02. The Kier molecular flexibility index (Phi) is 3.68. The lowest BCUT2D eigenvalue weighted by molar-refractivity contribution is 0.173. The fourth-order valence-corrected chi connectivity index (χ4v) is 3.30. The van der Waals surface area contributed by atoms with Gasteiger partial charge in [-0.05, 0) is 35.2 Å². The number of piperidine rings is 1. The predicted molar refractivity (Wildman–Crippen MR) is 75.1 cm³/mol. The van der Waals surface area contributed by atoms with Crippen LogP contribution < -0.4 is 0 Å². The number of hydrogen-bond acceptors (Lipinski definition) is 3. The summed E-state index contributed by atoms with van der Waals surface area (Å²) in [4.78, 5) is 2.52. The van der Waals surface area contributed by atoms with Crippen LogP contribution in [0.15, 0.2) is 29.2 Å². The van der Waals surface area contributed by atoms with Gasteiger partial charge in [0.15, 0.2) is 0 Å². The van der Waals surface area contributed by atoms with E-state index in [0.29, 0.717) is 6.04 Å². The van der Waals surface area contributed by atoms with E-state index in [9.17, 15) is 0 Å². The maximum atomic E-state index is 5.91. The average molecular weight is 282 g/mol. The lowest BCUT2D eigenvalue weighted by Gasteiger charge is -2.31. The molecule has 0 amide bonds. The minimum absolute atomic E-state index is 0.510. The Balaban J connectivity index is 1.55. The minimum Gasteiger partial charge on any atom is -0.299 e. The molecule has 0 saturated carbocycles. The first-order chi connectivity index (χ1) is 8.81. The van der Waals surface area contributed by atoms with Gasteiger partial charge in [-0.2, -0.15) is 16.4 Å². The molecule has 0 N–H and O–H groups in total. The molecule has 3 heterocycles. The van der Waals surface area contributed by atoms with Crippen LogP contribution >= 0.6 is 22.9 Å². The fraction of sp³-hybridized carbons (Fsp3) is 0.462. The molecular formula is C13H16ClN3S. The van der Waals surface area contributed by atoms with Crippen molar-refractivity contribution >= 4 is 22.9 Å². The van der Waals surface area contributed by atoms with Gasteiger partial charge in [-0.15, -0.1) is 0 Å². The van der Waals surface area contributed by atoms with Gasteiger partial charge in [-0.3, -0.25) is 9.58 Å². The van der Waals surface area contributed by atoms with Crippen LogP contribution in [0.25, 0.3) is 0 Å². The number of halogens is 1. The molecule has 5 heteroatoms. The predicted octanol–water partition coefficient (Wildman–Crippen LogP) is 3.44. The van der Waals surface area contributed by atoms with Gasteiger partial charge in [0.1, 0.15) is 0 Å². The van der Waals surface area contributed by atoms with E-state index in [1.165, 1.54) is 5.56 Å². The second-order valence-electron chi connectivity index (χ2n) is 4.78. The molecule has 0 bridgehead atoms. The van der Waals surface area contributed by atoms with Crippen molar-refractivity contribution in [2.75, 3.05) is 13.1 Å². The van der Waals surface area contributed by atoms with Crippen molar-refractivity contribution < 1.29 is 0 Å². The molecule has 3 rings (SSSR count). The molecule has 0 spiro atoms. The van der Waals surface area contributed by atoms with Gasteiger partial charge in [0.05, 0.1) is 17.3 Å². The van der Waals surface area contributed by atoms with Gasteiger partial charge in [0.25, 0.3) is 0 Å². The van der Waals surface area contributed by atoms with Crippen molar-refractivity contribution in [3.63, 3.8) is 0 Å². The van der Waals surface area contributed by atoms with Gasteiger partial charge >= 0.3 is 0 Å². The number of likely N-dealkylation sites (tertiary alicyclic amines) is 1. The van der Waals surface area contributed by atoms with E-state index >= 15 is 0 Å². The topological polar surface area (TPSA) is 21.1 Å². The van der Waals surface area contributed by atoms with E-state index in [2.05, 4.69) is 26.8 Å². The molecule has 1 aliphatic heterocycles. The van der Waals surface area contributed by atoms with Crippen molar-refractivity contribution in [2.45, 2.75) is 25.4 Å². The number of aromatic nitrogens is 2. The van der Waals surface area contributed by atoms with Gasteiger partial charge in [-0.25, -0.2) is 0 Å². The quantitative estimate of drug-likeness (QED) is 0.859. The molecule has 0 aromatic carbocycles. The summed E-state index contributed by atoms with van der Waals surface area (Å²) in [7, 11) is 0. The second kappa shape index (κ2) is 5.43. The molecule has 0 unspecified atom stereocenters. The molecule has 0 aliphatic carbocycles. The van der Waals surface area contributed by atoms with E-state index in [0.717, 1.165) is 37.5 Å². The van der Waals surface area contributed by atoms with Gasteiger partial charge in [0.2, 0.25) is 0 Å². The van der Waals surface area contributed by atoms with Crippen LogP contribution in [0.1, 0.15) is 24.4 Å². The van der Waals surface area contributed by atoms with Crippen LogP contribution in [0.2, 0.25) is 5.02 Å². The van der Waals surface area contributed by atoms with Crippen LogP contribution in [0.3, 0.4) is 0 Å². The van der Waals surface area contributed by atoms with Crippen molar-refractivity contribution in [2.24, 2.45) is 0 Å². The summed E-state index contributed by atoms with van der Waals surface area (Å²) < 4.78 is 2.02. The zero-order chi connectivity index (χ0) is 12.4. The van der Waals surface area contributed by atoms with Crippen molar-refractivity contribution in [3.05, 3.63) is 39.8 Å². The van der Waals surface area contributed by atoms with Crippen LogP contribution in [0, 0.1) is 0 Å². The highest BCUT2D eigenvalue weighted by molar-refractivity contribution is 7.07. The number of nitrogens with zero attached hydrogens (tertiary/aromatic N) is 3. The van der Waals surface area contributed by atoms with E-state index in [4.69, 9.17) is 11.6 Å². The third kappa shape index (κ3) is 2.76. The number of thiophene rings is 1. The summed E-state index contributed by atoms with van der Waals surface area (Å²) in [6, 6.07) is 2.72. The summed E-state index contributed by atoms with van der Waals surface area (Å²) >= 11 is 7.68. The van der Waals surface area contributed by atoms with Crippen LogP contribution in [0.4, 0.5) is 0 Å². The monoisotopic (exact) mass is 281 g/mol. The standard InChI is InChI=1S/C13H16ClN3S/c14-12-7-15-17(9-12)13-1-4-16(5-2-13)8-11-3-6-18-10-11/h3,6-7,9-10,13H,1-2,4-5,8H2. The summed E-state index contributed by atoms with van der Waals surface area (Å²) in [6.45, 7) is 3.35. The first-order valence-corrected chi connectivity index (χ1v) is 7.56. The van der Waals surface area contributed by atoms with E-state index < -0.39 is 0 Å². The lowest BCUT2D eigenvalue weighted by atomic mass is 10.0. The van der Waals surface area contributed by atoms with Gasteiger partial charge in [-0.1, -0.05) is 11.6 Å². The van der Waals surface area contributed by atoms with Crippen molar-refractivity contribution in [1.29, 1.82) is 0 Å². The summed E-state index contributed by atoms with van der Waals surface area (Å²) in [5.41, 5.74) is 1.43. The largest absolute Gasteiger partial charge is 0.299 e. The zero-order valence-electron chi connectivity index (χ0n) is 10.1. The molecule has 0 atom stereocenters. The van der Waals surface area contributed by atoms with Crippen molar-refractivity contribution in [3.8, 4) is 0 Å². The second-order valence-corrected chi connectivity index (χ2v) is 5.99. The first kappa shape index (κ1) is 12.2. The Morgan fingerprint density at radius 2 is 2.22 bits per heavy atom. The molecule has 1 saturated heterocycles. The molecule has 0 radical (unpaired) electrons. The highest BCUT2D eigenvalue weighted by Gasteiger charge is 2.21. The molecule has 2 aromatic heterocycles. The Morgan fingerprint density at radius 1 is 1.39 bits per heavy atom. The summed E-state index contributed by atoms with van der Waals surface area (Å²) in [5.74, 6) is 0. The first-order valence-electron chi connectivity index (χ1n) is 6.24. The molecule has 3 nitrogen and oxygen atoms in total. The Morgan fingerprint density at radius 3 is 2.83 bits per heavy atom. The highest BCUT2D eigenvalue weighted by Crippen LogP contribution is 2.24. The molecule has 18 heavy (non-hydrogen) atoms. The summed E-state index contributed by atoms with van der Waals surface area (Å²) in [5, 5.41) is 9.42. The Labute approximate surface area is 116 Å². The van der Waals surface area contributed by atoms with Crippen molar-refractivity contribution in [1.82, 2.24) is 14.7 Å². The van der Waals surface area contributed by atoms with E-state index in [-0.39, 0.29) is 0 Å². The van der Waals surface area contributed by atoms with E-state index in [1.54, 1.807) is 17.5 Å². The van der Waals surface area contributed by atoms with Crippen LogP contribution in [-0.4, -0.2) is 27.8 Å². The molecule has 1 fully saturated rings. The number of hydrogen-bond donors (Lipinski definition) is 0. The minimum atomic E-state index is 0.510. The zero-order valence-corrected chi connectivity index (χ0v) is 11.7. The van der Waals surface area contributed by atoms with Crippen LogP contribution in [0.5, 0.6) is 0 Å². The van der Waals surface area contributed by atoms with E-state index in [1.807, 2.05) is 10.9 Å². The molecule has 96 valence electrons. The number of rotatable bonds is 3. The summed E-state index contributed by atoms with van der Waals surface area (Å²) in [6.07, 6.45) is 5.96. The third-order valence-electron chi connectivity index (χ3n) is 3.49. The molecule has 2 aromatic rings. The SMILES string of the molecule is Clc1cnn(C2CCN(Cc3ccsc3)CC2)c1.